The molecule has 0 unspecified atom stereocenters. The second kappa shape index (κ2) is 6.75. The predicted octanol–water partition coefficient (Wildman–Crippen LogP) is 2.42. The van der Waals surface area contributed by atoms with Crippen LogP contribution in [0.3, 0.4) is 0 Å². The first-order valence-electron chi connectivity index (χ1n) is 7.75. The summed E-state index contributed by atoms with van der Waals surface area (Å²) in [6, 6.07) is 10.1. The fourth-order valence-corrected chi connectivity index (χ4v) is 2.99. The molecule has 1 amide bonds. The third-order valence-electron chi connectivity index (χ3n) is 4.17. The maximum absolute atomic E-state index is 12.0. The van der Waals surface area contributed by atoms with Gasteiger partial charge in [0, 0.05) is 12.6 Å². The van der Waals surface area contributed by atoms with Crippen molar-refractivity contribution in [3.8, 4) is 0 Å². The van der Waals surface area contributed by atoms with Crippen LogP contribution in [0.15, 0.2) is 42.7 Å². The first kappa shape index (κ1) is 14.8. The van der Waals surface area contributed by atoms with E-state index in [9.17, 15) is 9.90 Å². The fourth-order valence-electron chi connectivity index (χ4n) is 2.99. The first-order chi connectivity index (χ1) is 10.7. The maximum atomic E-state index is 12.0. The fraction of sp³-hybridized carbons (Fsp3) is 0.412. The number of nitrogens with one attached hydrogen (secondary N) is 1. The largest absolute Gasteiger partial charge is 0.393 e. The molecule has 1 saturated carbocycles. The van der Waals surface area contributed by atoms with Crippen LogP contribution >= 0.6 is 0 Å². The van der Waals surface area contributed by atoms with Gasteiger partial charge in [-0.15, -0.1) is 0 Å². The highest BCUT2D eigenvalue weighted by atomic mass is 16.3. The van der Waals surface area contributed by atoms with Crippen LogP contribution in [0.5, 0.6) is 0 Å². The van der Waals surface area contributed by atoms with Gasteiger partial charge in [0.25, 0.3) is 0 Å². The molecule has 5 nitrogen and oxygen atoms in total. The van der Waals surface area contributed by atoms with Crippen molar-refractivity contribution in [3.05, 3.63) is 48.3 Å². The van der Waals surface area contributed by atoms with Crippen LogP contribution in [-0.4, -0.2) is 26.9 Å². The van der Waals surface area contributed by atoms with Gasteiger partial charge >= 0.3 is 0 Å². The topological polar surface area (TPSA) is 67.2 Å². The van der Waals surface area contributed by atoms with E-state index in [0.717, 1.165) is 24.8 Å². The summed E-state index contributed by atoms with van der Waals surface area (Å²) < 4.78 is 1.80. The summed E-state index contributed by atoms with van der Waals surface area (Å²) in [7, 11) is 0. The number of benzene rings is 1. The Morgan fingerprint density at radius 2 is 2.14 bits per heavy atom. The Labute approximate surface area is 130 Å². The number of hydrogen-bond donors (Lipinski definition) is 2. The highest BCUT2D eigenvalue weighted by Gasteiger charge is 2.27. The van der Waals surface area contributed by atoms with E-state index >= 15 is 0 Å². The van der Waals surface area contributed by atoms with Gasteiger partial charge in [-0.2, -0.15) is 5.10 Å². The van der Waals surface area contributed by atoms with Crippen molar-refractivity contribution < 1.29 is 9.90 Å². The van der Waals surface area contributed by atoms with E-state index in [0.29, 0.717) is 18.7 Å². The third-order valence-corrected chi connectivity index (χ3v) is 4.17. The molecule has 1 aliphatic carbocycles. The van der Waals surface area contributed by atoms with Gasteiger partial charge in [-0.3, -0.25) is 9.48 Å². The lowest BCUT2D eigenvalue weighted by atomic mass is 10.0. The molecule has 2 atom stereocenters. The van der Waals surface area contributed by atoms with Gasteiger partial charge in [-0.1, -0.05) is 36.8 Å². The van der Waals surface area contributed by atoms with Crippen LogP contribution in [0.1, 0.15) is 31.2 Å². The number of carbonyl (C=O) groups is 1. The Morgan fingerprint density at radius 1 is 1.32 bits per heavy atom. The van der Waals surface area contributed by atoms with E-state index in [1.54, 1.807) is 10.9 Å². The average molecular weight is 299 g/mol. The number of anilines is 1. The molecule has 2 N–H and O–H groups in total. The number of carbonyl (C=O) groups excluding carboxylic acids is 1. The summed E-state index contributed by atoms with van der Waals surface area (Å²) >= 11 is 0. The number of aliphatic hydroxyl groups is 1. The van der Waals surface area contributed by atoms with Crippen LogP contribution in [0.25, 0.3) is 0 Å². The lowest BCUT2D eigenvalue weighted by Crippen LogP contribution is -2.21. The summed E-state index contributed by atoms with van der Waals surface area (Å²) in [5.74, 6) is 0.0459. The molecule has 22 heavy (non-hydrogen) atoms. The van der Waals surface area contributed by atoms with Crippen molar-refractivity contribution in [2.75, 3.05) is 5.32 Å². The van der Waals surface area contributed by atoms with Crippen LogP contribution in [0, 0.1) is 5.92 Å². The van der Waals surface area contributed by atoms with E-state index < -0.39 is 0 Å². The Morgan fingerprint density at radius 3 is 2.86 bits per heavy atom. The molecular formula is C17H21N3O2. The lowest BCUT2D eigenvalue weighted by Gasteiger charge is -2.13. The molecule has 1 aliphatic rings. The normalized spacial score (nSPS) is 21.0. The quantitative estimate of drug-likeness (QED) is 0.891. The number of hydrogen-bond acceptors (Lipinski definition) is 3. The highest BCUT2D eigenvalue weighted by molar-refractivity contribution is 5.90. The number of aromatic nitrogens is 2. The van der Waals surface area contributed by atoms with Crippen molar-refractivity contribution in [2.24, 2.45) is 5.92 Å². The van der Waals surface area contributed by atoms with Crippen LogP contribution in [0.4, 0.5) is 5.69 Å². The van der Waals surface area contributed by atoms with Crippen molar-refractivity contribution in [3.63, 3.8) is 0 Å². The minimum Gasteiger partial charge on any atom is -0.393 e. The Kier molecular flexibility index (Phi) is 4.53. The Bertz CT molecular complexity index is 624. The van der Waals surface area contributed by atoms with Crippen LogP contribution < -0.4 is 5.32 Å². The number of aliphatic hydroxyl groups excluding tert-OH is 1. The Hall–Kier alpha value is -2.14. The van der Waals surface area contributed by atoms with E-state index in [1.807, 2.05) is 36.5 Å². The summed E-state index contributed by atoms with van der Waals surface area (Å²) in [6.07, 6.45) is 6.29. The van der Waals surface area contributed by atoms with Crippen molar-refractivity contribution in [1.82, 2.24) is 9.78 Å². The van der Waals surface area contributed by atoms with Crippen LogP contribution in [-0.2, 0) is 11.3 Å². The zero-order chi connectivity index (χ0) is 15.4. The standard InChI is InChI=1S/C17H21N3O2/c21-16-8-4-7-14(16)9-17(22)19-15-10-18-20(12-15)11-13-5-2-1-3-6-13/h1-3,5-6,10,12,14,16,21H,4,7-9,11H2,(H,19,22)/t14-,16+/m0/s1. The minimum atomic E-state index is -0.327. The smallest absolute Gasteiger partial charge is 0.224 e. The molecule has 2 aromatic rings. The monoisotopic (exact) mass is 299 g/mol. The van der Waals surface area contributed by atoms with Gasteiger partial charge in [0.2, 0.25) is 5.91 Å². The zero-order valence-corrected chi connectivity index (χ0v) is 12.5. The average Bonchev–Trinajstić information content (AvgIpc) is 3.10. The summed E-state index contributed by atoms with van der Waals surface area (Å²) in [5.41, 5.74) is 1.87. The van der Waals surface area contributed by atoms with Gasteiger partial charge < -0.3 is 10.4 Å². The molecule has 1 heterocycles. The first-order valence-corrected chi connectivity index (χ1v) is 7.75. The molecule has 3 rings (SSSR count). The van der Waals surface area contributed by atoms with Crippen molar-refractivity contribution >= 4 is 11.6 Å². The molecule has 0 aliphatic heterocycles. The van der Waals surface area contributed by atoms with Gasteiger partial charge in [-0.25, -0.2) is 0 Å². The molecule has 5 heteroatoms. The number of amides is 1. The van der Waals surface area contributed by atoms with Gasteiger partial charge in [0.15, 0.2) is 0 Å². The zero-order valence-electron chi connectivity index (χ0n) is 12.5. The van der Waals surface area contributed by atoms with Crippen molar-refractivity contribution in [2.45, 2.75) is 38.3 Å². The molecule has 1 aromatic carbocycles. The molecule has 116 valence electrons. The molecule has 1 fully saturated rings. The van der Waals surface area contributed by atoms with Gasteiger partial charge in [-0.05, 0) is 24.3 Å². The van der Waals surface area contributed by atoms with Gasteiger partial charge in [0.1, 0.15) is 0 Å². The van der Waals surface area contributed by atoms with Gasteiger partial charge in [0.05, 0.1) is 24.5 Å². The summed E-state index contributed by atoms with van der Waals surface area (Å²) in [5, 5.41) is 16.9. The lowest BCUT2D eigenvalue weighted by molar-refractivity contribution is -0.117. The van der Waals surface area contributed by atoms with E-state index in [4.69, 9.17) is 0 Å². The molecule has 0 saturated heterocycles. The number of rotatable bonds is 5. The van der Waals surface area contributed by atoms with Crippen molar-refractivity contribution in [1.29, 1.82) is 0 Å². The molecule has 0 bridgehead atoms. The third kappa shape index (κ3) is 3.74. The van der Waals surface area contributed by atoms with E-state index in [1.165, 1.54) is 0 Å². The molecular weight excluding hydrogens is 278 g/mol. The number of nitrogens with zero attached hydrogens (tertiary/aromatic N) is 2. The predicted molar refractivity (Wildman–Crippen MR) is 84.4 cm³/mol. The molecule has 1 aromatic heterocycles. The maximum Gasteiger partial charge on any atom is 0.224 e. The van der Waals surface area contributed by atoms with E-state index in [2.05, 4.69) is 10.4 Å². The summed E-state index contributed by atoms with van der Waals surface area (Å²) in [6.45, 7) is 0.679. The second-order valence-corrected chi connectivity index (χ2v) is 5.92. The Balaban J connectivity index is 1.54. The van der Waals surface area contributed by atoms with E-state index in [-0.39, 0.29) is 17.9 Å². The minimum absolute atomic E-state index is 0.0507. The highest BCUT2D eigenvalue weighted by Crippen LogP contribution is 2.28. The summed E-state index contributed by atoms with van der Waals surface area (Å²) in [4.78, 5) is 12.0. The molecule has 0 radical (unpaired) electrons. The van der Waals surface area contributed by atoms with Crippen LogP contribution in [0.2, 0.25) is 0 Å². The molecule has 0 spiro atoms. The second-order valence-electron chi connectivity index (χ2n) is 5.92. The SMILES string of the molecule is O=C(C[C@@H]1CCC[C@H]1O)Nc1cnn(Cc2ccccc2)c1.